The highest BCUT2D eigenvalue weighted by Crippen LogP contribution is 2.35. The summed E-state index contributed by atoms with van der Waals surface area (Å²) in [4.78, 5) is 2.30. The van der Waals surface area contributed by atoms with Crippen LogP contribution in [0, 0.1) is 13.8 Å². The van der Waals surface area contributed by atoms with Crippen molar-refractivity contribution in [2.75, 3.05) is 52.5 Å². The van der Waals surface area contributed by atoms with Crippen molar-refractivity contribution in [2.45, 2.75) is 45.6 Å². The number of likely N-dealkylation sites (tertiary alicyclic amines) is 1. The zero-order chi connectivity index (χ0) is 23.5. The monoisotopic (exact) mass is 456 g/mol. The third-order valence-corrected chi connectivity index (χ3v) is 6.25. The molecule has 2 aromatic rings. The second-order valence-corrected chi connectivity index (χ2v) is 8.83. The van der Waals surface area contributed by atoms with Crippen molar-refractivity contribution < 1.29 is 19.7 Å². The maximum Gasteiger partial charge on any atom is 0.122 e. The van der Waals surface area contributed by atoms with Crippen LogP contribution in [0.2, 0.25) is 0 Å². The maximum absolute atomic E-state index is 9.66. The van der Waals surface area contributed by atoms with Crippen LogP contribution >= 0.6 is 0 Å². The predicted molar refractivity (Wildman–Crippen MR) is 133 cm³/mol. The lowest BCUT2D eigenvalue weighted by Crippen LogP contribution is -2.24. The molecule has 0 aliphatic carbocycles. The number of aliphatic hydroxyl groups excluding tert-OH is 2. The minimum absolute atomic E-state index is 0.165. The van der Waals surface area contributed by atoms with Gasteiger partial charge in [-0.3, -0.25) is 0 Å². The lowest BCUT2D eigenvalue weighted by Gasteiger charge is -2.18. The summed E-state index contributed by atoms with van der Waals surface area (Å²) in [5.41, 5.74) is 4.62. The van der Waals surface area contributed by atoms with E-state index in [1.54, 1.807) is 0 Å². The van der Waals surface area contributed by atoms with E-state index in [1.807, 2.05) is 12.1 Å². The number of nitrogens with one attached hydrogen (secondary N) is 1. The van der Waals surface area contributed by atoms with Gasteiger partial charge in [0.15, 0.2) is 0 Å². The van der Waals surface area contributed by atoms with Gasteiger partial charge in [-0.15, -0.1) is 0 Å². The third-order valence-electron chi connectivity index (χ3n) is 6.25. The Hall–Kier alpha value is -2.12. The van der Waals surface area contributed by atoms with Crippen LogP contribution in [0.25, 0.3) is 11.1 Å². The van der Waals surface area contributed by atoms with Gasteiger partial charge in [-0.1, -0.05) is 24.3 Å². The van der Waals surface area contributed by atoms with Crippen LogP contribution in [0.15, 0.2) is 36.4 Å². The molecule has 3 rings (SSSR count). The fourth-order valence-corrected chi connectivity index (χ4v) is 4.32. The molecule has 0 bridgehead atoms. The van der Waals surface area contributed by atoms with E-state index in [9.17, 15) is 5.11 Å². The molecule has 1 saturated heterocycles. The van der Waals surface area contributed by atoms with Crippen LogP contribution in [0.3, 0.4) is 0 Å². The van der Waals surface area contributed by atoms with Crippen LogP contribution in [0.1, 0.15) is 36.8 Å². The first-order valence-electron chi connectivity index (χ1n) is 12.3. The number of rotatable bonds is 14. The molecular weight excluding hydrogens is 416 g/mol. The molecule has 0 aromatic heterocycles. The molecule has 3 N–H and O–H groups in total. The van der Waals surface area contributed by atoms with Crippen LogP contribution < -0.4 is 14.8 Å². The van der Waals surface area contributed by atoms with Gasteiger partial charge in [-0.05, 0) is 87.0 Å². The van der Waals surface area contributed by atoms with Crippen molar-refractivity contribution in [3.05, 3.63) is 47.5 Å². The van der Waals surface area contributed by atoms with Crippen LogP contribution in [0.5, 0.6) is 11.5 Å². The Balaban J connectivity index is 1.54. The van der Waals surface area contributed by atoms with E-state index in [-0.39, 0.29) is 12.7 Å². The molecule has 1 atom stereocenters. The quantitative estimate of drug-likeness (QED) is 0.378. The highest BCUT2D eigenvalue weighted by molar-refractivity contribution is 5.74. The molecule has 6 heteroatoms. The molecule has 0 radical (unpaired) electrons. The van der Waals surface area contributed by atoms with Crippen molar-refractivity contribution in [1.82, 2.24) is 10.2 Å². The molecule has 182 valence electrons. The number of aliphatic hydroxyl groups is 2. The second-order valence-electron chi connectivity index (χ2n) is 8.83. The van der Waals surface area contributed by atoms with Gasteiger partial charge in [-0.25, -0.2) is 0 Å². The normalized spacial score (nSPS) is 16.3. The van der Waals surface area contributed by atoms with Gasteiger partial charge >= 0.3 is 0 Å². The summed E-state index contributed by atoms with van der Waals surface area (Å²) in [5.74, 6) is 1.84. The Kier molecular flexibility index (Phi) is 10.5. The van der Waals surface area contributed by atoms with Gasteiger partial charge in [0.25, 0.3) is 0 Å². The van der Waals surface area contributed by atoms with Gasteiger partial charge in [0.2, 0.25) is 0 Å². The van der Waals surface area contributed by atoms with Crippen LogP contribution in [-0.4, -0.2) is 73.8 Å². The number of hydrogen-bond donors (Lipinski definition) is 3. The Labute approximate surface area is 198 Å². The number of hydrogen-bond acceptors (Lipinski definition) is 6. The average molecular weight is 457 g/mol. The summed E-state index contributed by atoms with van der Waals surface area (Å²) in [5, 5.41) is 21.8. The van der Waals surface area contributed by atoms with E-state index >= 15 is 0 Å². The van der Waals surface area contributed by atoms with Gasteiger partial charge in [0.1, 0.15) is 11.5 Å². The van der Waals surface area contributed by atoms with E-state index in [1.165, 1.54) is 11.1 Å². The maximum atomic E-state index is 9.66. The third kappa shape index (κ3) is 7.71. The van der Waals surface area contributed by atoms with Crippen molar-refractivity contribution >= 4 is 0 Å². The van der Waals surface area contributed by atoms with E-state index in [2.05, 4.69) is 48.3 Å². The SMILES string of the molecule is Cc1c(OCCCNCCCO)cccc1-c1cccc(OCCCN2CCC(O)C2)c1C. The molecule has 1 aliphatic rings. The smallest absolute Gasteiger partial charge is 0.122 e. The highest BCUT2D eigenvalue weighted by Gasteiger charge is 2.19. The molecule has 1 aliphatic heterocycles. The fourth-order valence-electron chi connectivity index (χ4n) is 4.32. The molecule has 0 amide bonds. The molecule has 1 unspecified atom stereocenters. The summed E-state index contributed by atoms with van der Waals surface area (Å²) >= 11 is 0. The Morgan fingerprint density at radius 3 is 2.09 bits per heavy atom. The lowest BCUT2D eigenvalue weighted by atomic mass is 9.95. The summed E-state index contributed by atoms with van der Waals surface area (Å²) in [6.45, 7) is 10.2. The van der Waals surface area contributed by atoms with Crippen LogP contribution in [-0.2, 0) is 0 Å². The topological polar surface area (TPSA) is 74.2 Å². The largest absolute Gasteiger partial charge is 0.493 e. The fraction of sp³-hybridized carbons (Fsp3) is 0.556. The Morgan fingerprint density at radius 2 is 1.52 bits per heavy atom. The van der Waals surface area contributed by atoms with Crippen LogP contribution in [0.4, 0.5) is 0 Å². The number of benzene rings is 2. The standard InChI is InChI=1S/C27H40N2O4/c1-21-24(8-3-10-26(21)32-18-6-14-28-13-5-17-30)25-9-4-11-27(22(25)2)33-19-7-15-29-16-12-23(31)20-29/h3-4,8-11,23,28,30-31H,5-7,12-20H2,1-2H3. The van der Waals surface area contributed by atoms with Gasteiger partial charge in [0.05, 0.1) is 19.3 Å². The van der Waals surface area contributed by atoms with Crippen molar-refractivity contribution in [3.63, 3.8) is 0 Å². The zero-order valence-electron chi connectivity index (χ0n) is 20.2. The Bertz CT molecular complexity index is 858. The molecule has 1 heterocycles. The van der Waals surface area contributed by atoms with Crippen molar-refractivity contribution in [2.24, 2.45) is 0 Å². The first-order chi connectivity index (χ1) is 16.1. The molecule has 1 fully saturated rings. The Morgan fingerprint density at radius 1 is 0.909 bits per heavy atom. The summed E-state index contributed by atoms with van der Waals surface area (Å²) < 4.78 is 12.2. The van der Waals surface area contributed by atoms with Crippen molar-refractivity contribution in [1.29, 1.82) is 0 Å². The van der Waals surface area contributed by atoms with E-state index in [0.717, 1.165) is 81.0 Å². The first-order valence-corrected chi connectivity index (χ1v) is 12.3. The molecular formula is C27H40N2O4. The molecule has 33 heavy (non-hydrogen) atoms. The minimum Gasteiger partial charge on any atom is -0.493 e. The number of β-amino-alcohol motifs (C(OH)–C–C–N with tert-alkyl or cyclic N) is 1. The lowest BCUT2D eigenvalue weighted by molar-refractivity contribution is 0.173. The molecule has 0 saturated carbocycles. The predicted octanol–water partition coefficient (Wildman–Crippen LogP) is 3.55. The van der Waals surface area contributed by atoms with Gasteiger partial charge in [-0.2, -0.15) is 0 Å². The zero-order valence-corrected chi connectivity index (χ0v) is 20.2. The summed E-state index contributed by atoms with van der Waals surface area (Å²) in [6, 6.07) is 12.5. The van der Waals surface area contributed by atoms with Gasteiger partial charge in [0, 0.05) is 26.2 Å². The first kappa shape index (κ1) is 25.5. The highest BCUT2D eigenvalue weighted by atomic mass is 16.5. The van der Waals surface area contributed by atoms with E-state index < -0.39 is 0 Å². The molecule has 2 aromatic carbocycles. The molecule has 0 spiro atoms. The average Bonchev–Trinajstić information content (AvgIpc) is 3.23. The second kappa shape index (κ2) is 13.6. The number of ether oxygens (including phenoxy) is 2. The number of nitrogens with zero attached hydrogens (tertiary/aromatic N) is 1. The van der Waals surface area contributed by atoms with E-state index in [4.69, 9.17) is 14.6 Å². The molecule has 6 nitrogen and oxygen atoms in total. The minimum atomic E-state index is -0.165. The summed E-state index contributed by atoms with van der Waals surface area (Å²) in [6.07, 6.45) is 3.38. The summed E-state index contributed by atoms with van der Waals surface area (Å²) in [7, 11) is 0. The van der Waals surface area contributed by atoms with Gasteiger partial charge < -0.3 is 29.9 Å². The van der Waals surface area contributed by atoms with E-state index in [0.29, 0.717) is 13.2 Å². The van der Waals surface area contributed by atoms with Crippen molar-refractivity contribution in [3.8, 4) is 22.6 Å².